The minimum atomic E-state index is 0.551. The minimum Gasteiger partial charge on any atom is -0.308 e. The van der Waals surface area contributed by atoms with Crippen LogP contribution in [0.3, 0.4) is 0 Å². The van der Waals surface area contributed by atoms with Crippen LogP contribution in [-0.2, 0) is 0 Å². The molecule has 6 heteroatoms. The van der Waals surface area contributed by atoms with E-state index >= 15 is 0 Å². The number of hydrogen-bond acceptors (Lipinski definition) is 6. The molecule has 0 radical (unpaired) electrons. The van der Waals surface area contributed by atoms with Crippen molar-refractivity contribution >= 4 is 17.6 Å². The van der Waals surface area contributed by atoms with Crippen molar-refractivity contribution in [1.82, 2.24) is 14.9 Å². The van der Waals surface area contributed by atoms with Gasteiger partial charge < -0.3 is 10.3 Å². The first-order valence-corrected chi connectivity index (χ1v) is 7.96. The van der Waals surface area contributed by atoms with Crippen LogP contribution in [0.15, 0.2) is 11.1 Å². The molecule has 1 aliphatic carbocycles. The standard InChI is InChI=1S/C13H23N5S/c1-3-18(4-2)7-8-19-12-9-11(17-14)15-13(16-12)10-5-6-10/h9-10H,3-8,14H2,1-2H3,(H,15,16,17). The Morgan fingerprint density at radius 1 is 1.37 bits per heavy atom. The Bertz CT molecular complexity index is 404. The number of anilines is 1. The van der Waals surface area contributed by atoms with E-state index in [2.05, 4.69) is 34.1 Å². The summed E-state index contributed by atoms with van der Waals surface area (Å²) in [6.45, 7) is 7.68. The van der Waals surface area contributed by atoms with E-state index in [1.165, 1.54) is 12.8 Å². The Balaban J connectivity index is 1.93. The van der Waals surface area contributed by atoms with Gasteiger partial charge in [-0.25, -0.2) is 15.8 Å². The van der Waals surface area contributed by atoms with Crippen molar-refractivity contribution in [2.45, 2.75) is 37.6 Å². The second-order valence-corrected chi connectivity index (χ2v) is 5.86. The fourth-order valence-electron chi connectivity index (χ4n) is 1.93. The van der Waals surface area contributed by atoms with Crippen LogP contribution in [-0.4, -0.2) is 40.3 Å². The number of nitrogens with one attached hydrogen (secondary N) is 1. The monoisotopic (exact) mass is 281 g/mol. The molecule has 2 rings (SSSR count). The van der Waals surface area contributed by atoms with Crippen LogP contribution < -0.4 is 11.3 Å². The molecule has 0 saturated heterocycles. The average molecular weight is 281 g/mol. The highest BCUT2D eigenvalue weighted by Gasteiger charge is 2.27. The molecule has 0 aliphatic heterocycles. The quantitative estimate of drug-likeness (QED) is 0.329. The van der Waals surface area contributed by atoms with E-state index < -0.39 is 0 Å². The van der Waals surface area contributed by atoms with E-state index in [1.807, 2.05) is 6.07 Å². The molecule has 0 spiro atoms. The fraction of sp³-hybridized carbons (Fsp3) is 0.692. The Morgan fingerprint density at radius 2 is 2.11 bits per heavy atom. The molecule has 0 unspecified atom stereocenters. The second-order valence-electron chi connectivity index (χ2n) is 4.74. The Hall–Kier alpha value is -0.850. The van der Waals surface area contributed by atoms with Gasteiger partial charge in [-0.2, -0.15) is 0 Å². The number of hydrogen-bond donors (Lipinski definition) is 2. The van der Waals surface area contributed by atoms with Gasteiger partial charge >= 0.3 is 0 Å². The normalized spacial score (nSPS) is 14.9. The molecular weight excluding hydrogens is 258 g/mol. The summed E-state index contributed by atoms with van der Waals surface area (Å²) in [4.78, 5) is 11.5. The third-order valence-electron chi connectivity index (χ3n) is 3.36. The summed E-state index contributed by atoms with van der Waals surface area (Å²) >= 11 is 1.78. The Kier molecular flexibility index (Phi) is 5.42. The predicted molar refractivity (Wildman–Crippen MR) is 80.3 cm³/mol. The molecule has 5 nitrogen and oxygen atoms in total. The van der Waals surface area contributed by atoms with Gasteiger partial charge in [0, 0.05) is 24.3 Å². The topological polar surface area (TPSA) is 67.1 Å². The molecule has 19 heavy (non-hydrogen) atoms. The zero-order valence-electron chi connectivity index (χ0n) is 11.7. The molecule has 1 heterocycles. The van der Waals surface area contributed by atoms with Gasteiger partial charge in [0.1, 0.15) is 16.7 Å². The first-order valence-electron chi connectivity index (χ1n) is 6.97. The largest absolute Gasteiger partial charge is 0.308 e. The summed E-state index contributed by atoms with van der Waals surface area (Å²) in [5.74, 6) is 8.74. The van der Waals surface area contributed by atoms with Crippen LogP contribution in [0.2, 0.25) is 0 Å². The maximum atomic E-state index is 5.47. The highest BCUT2D eigenvalue weighted by Crippen LogP contribution is 2.39. The summed E-state index contributed by atoms with van der Waals surface area (Å²) in [5.41, 5.74) is 2.64. The highest BCUT2D eigenvalue weighted by molar-refractivity contribution is 7.99. The van der Waals surface area contributed by atoms with Crippen LogP contribution in [0.25, 0.3) is 0 Å². The molecule has 3 N–H and O–H groups in total. The Labute approximate surface area is 119 Å². The van der Waals surface area contributed by atoms with Crippen molar-refractivity contribution < 1.29 is 0 Å². The molecule has 106 valence electrons. The number of nitrogen functional groups attached to an aromatic ring is 1. The lowest BCUT2D eigenvalue weighted by Crippen LogP contribution is -2.25. The first-order chi connectivity index (χ1) is 9.26. The van der Waals surface area contributed by atoms with E-state index in [9.17, 15) is 0 Å². The second kappa shape index (κ2) is 7.07. The predicted octanol–water partition coefficient (Wildman–Crippen LogP) is 2.07. The van der Waals surface area contributed by atoms with Crippen molar-refractivity contribution in [3.63, 3.8) is 0 Å². The van der Waals surface area contributed by atoms with Gasteiger partial charge in [0.2, 0.25) is 0 Å². The summed E-state index contributed by atoms with van der Waals surface area (Å²) in [6, 6.07) is 1.93. The van der Waals surface area contributed by atoms with Gasteiger partial charge in [0.15, 0.2) is 0 Å². The molecule has 1 aliphatic rings. The summed E-state index contributed by atoms with van der Waals surface area (Å²) in [5, 5.41) is 1.03. The molecule has 1 aromatic heterocycles. The van der Waals surface area contributed by atoms with Crippen molar-refractivity contribution in [3.8, 4) is 0 Å². The molecule has 1 saturated carbocycles. The van der Waals surface area contributed by atoms with E-state index in [0.29, 0.717) is 5.92 Å². The number of hydrazine groups is 1. The maximum Gasteiger partial charge on any atom is 0.144 e. The van der Waals surface area contributed by atoms with E-state index in [1.54, 1.807) is 11.8 Å². The molecule has 0 amide bonds. The van der Waals surface area contributed by atoms with E-state index in [-0.39, 0.29) is 0 Å². The minimum absolute atomic E-state index is 0.551. The van der Waals surface area contributed by atoms with Crippen molar-refractivity contribution in [2.75, 3.05) is 30.8 Å². The summed E-state index contributed by atoms with van der Waals surface area (Å²) < 4.78 is 0. The van der Waals surface area contributed by atoms with Crippen LogP contribution in [0, 0.1) is 0 Å². The summed E-state index contributed by atoms with van der Waals surface area (Å²) in [6.07, 6.45) is 2.41. The smallest absolute Gasteiger partial charge is 0.144 e. The summed E-state index contributed by atoms with van der Waals surface area (Å²) in [7, 11) is 0. The number of rotatable bonds is 8. The number of nitrogens with zero attached hydrogens (tertiary/aromatic N) is 3. The molecular formula is C13H23N5S. The molecule has 1 aromatic rings. The van der Waals surface area contributed by atoms with Crippen LogP contribution in [0.1, 0.15) is 38.4 Å². The molecule has 0 aromatic carbocycles. The Morgan fingerprint density at radius 3 is 2.68 bits per heavy atom. The van der Waals surface area contributed by atoms with Gasteiger partial charge in [0.25, 0.3) is 0 Å². The molecule has 0 atom stereocenters. The van der Waals surface area contributed by atoms with Gasteiger partial charge in [-0.1, -0.05) is 13.8 Å². The molecule has 0 bridgehead atoms. The SMILES string of the molecule is CCN(CC)CCSc1cc(NN)nc(C2CC2)n1. The van der Waals surface area contributed by atoms with Gasteiger partial charge in [-0.3, -0.25) is 0 Å². The fourth-order valence-corrected chi connectivity index (χ4v) is 2.85. The lowest BCUT2D eigenvalue weighted by Gasteiger charge is -2.17. The number of thioether (sulfide) groups is 1. The zero-order chi connectivity index (χ0) is 13.7. The first kappa shape index (κ1) is 14.6. The van der Waals surface area contributed by atoms with Crippen LogP contribution >= 0.6 is 11.8 Å². The average Bonchev–Trinajstić information content (AvgIpc) is 3.28. The number of nitrogens with two attached hydrogens (primary N) is 1. The number of aromatic nitrogens is 2. The third kappa shape index (κ3) is 4.33. The van der Waals surface area contributed by atoms with Gasteiger partial charge in [-0.15, -0.1) is 11.8 Å². The highest BCUT2D eigenvalue weighted by atomic mass is 32.2. The van der Waals surface area contributed by atoms with Crippen LogP contribution in [0.4, 0.5) is 5.82 Å². The molecule has 1 fully saturated rings. The van der Waals surface area contributed by atoms with E-state index in [0.717, 1.165) is 42.1 Å². The van der Waals surface area contributed by atoms with Crippen molar-refractivity contribution in [2.24, 2.45) is 5.84 Å². The van der Waals surface area contributed by atoms with Gasteiger partial charge in [-0.05, 0) is 25.9 Å². The lowest BCUT2D eigenvalue weighted by atomic mass is 10.4. The van der Waals surface area contributed by atoms with Crippen molar-refractivity contribution in [3.05, 3.63) is 11.9 Å². The van der Waals surface area contributed by atoms with E-state index in [4.69, 9.17) is 5.84 Å². The lowest BCUT2D eigenvalue weighted by molar-refractivity contribution is 0.324. The zero-order valence-corrected chi connectivity index (χ0v) is 12.5. The van der Waals surface area contributed by atoms with Crippen LogP contribution in [0.5, 0.6) is 0 Å². The third-order valence-corrected chi connectivity index (χ3v) is 4.25. The van der Waals surface area contributed by atoms with Crippen molar-refractivity contribution in [1.29, 1.82) is 0 Å². The maximum absolute atomic E-state index is 5.47. The van der Waals surface area contributed by atoms with Gasteiger partial charge in [0.05, 0.1) is 0 Å².